The van der Waals surface area contributed by atoms with E-state index in [-0.39, 0.29) is 36.0 Å². The number of halogens is 5. The molecule has 4 aromatic carbocycles. The molecule has 1 aliphatic heterocycles. The Bertz CT molecular complexity index is 2100. The largest absolute Gasteiger partial charge is 0.416 e. The Morgan fingerprint density at radius 2 is 1.64 bits per heavy atom. The number of rotatable bonds is 15. The molecule has 2 amide bonds. The Hall–Kier alpha value is -5.12. The number of fused-ring (bicyclic) bond motifs is 1. The number of amides is 2. The Kier molecular flexibility index (Phi) is 12.3. The number of carbonyl (C=O) groups is 2. The highest BCUT2D eigenvalue weighted by Crippen LogP contribution is 2.46. The monoisotopic (exact) mass is 772 g/mol. The molecule has 0 saturated heterocycles. The van der Waals surface area contributed by atoms with E-state index in [0.717, 1.165) is 49.9 Å². The highest BCUT2D eigenvalue weighted by molar-refractivity contribution is 6.05. The molecular formula is C44H45F5N4O3. The lowest BCUT2D eigenvalue weighted by molar-refractivity contribution is -0.137. The van der Waals surface area contributed by atoms with Crippen molar-refractivity contribution in [1.29, 1.82) is 5.26 Å². The van der Waals surface area contributed by atoms with E-state index in [2.05, 4.69) is 30.6 Å². The van der Waals surface area contributed by atoms with Crippen molar-refractivity contribution >= 4 is 11.8 Å². The van der Waals surface area contributed by atoms with Gasteiger partial charge in [0.15, 0.2) is 0 Å². The van der Waals surface area contributed by atoms with Gasteiger partial charge in [-0.15, -0.1) is 0 Å². The van der Waals surface area contributed by atoms with Crippen molar-refractivity contribution in [3.63, 3.8) is 0 Å². The van der Waals surface area contributed by atoms with Crippen LogP contribution in [0.5, 0.6) is 0 Å². The predicted molar refractivity (Wildman–Crippen MR) is 203 cm³/mol. The second-order valence-electron chi connectivity index (χ2n) is 14.9. The molecule has 0 bridgehead atoms. The molecule has 1 saturated carbocycles. The summed E-state index contributed by atoms with van der Waals surface area (Å²) >= 11 is 0. The molecule has 7 nitrogen and oxygen atoms in total. The van der Waals surface area contributed by atoms with Crippen LogP contribution in [-0.4, -0.2) is 53.1 Å². The molecule has 2 atom stereocenters. The quantitative estimate of drug-likeness (QED) is 0.105. The molecular weight excluding hydrogens is 727 g/mol. The normalized spacial score (nSPS) is 15.9. The minimum absolute atomic E-state index is 0.0258. The molecule has 1 aliphatic carbocycles. The van der Waals surface area contributed by atoms with Gasteiger partial charge in [-0.3, -0.25) is 9.59 Å². The van der Waals surface area contributed by atoms with Crippen molar-refractivity contribution in [2.75, 3.05) is 13.1 Å². The van der Waals surface area contributed by atoms with Gasteiger partial charge in [-0.05, 0) is 115 Å². The van der Waals surface area contributed by atoms with Crippen LogP contribution in [0.3, 0.4) is 0 Å². The molecule has 0 radical (unpaired) electrons. The van der Waals surface area contributed by atoms with Crippen molar-refractivity contribution in [2.24, 2.45) is 0 Å². The minimum Gasteiger partial charge on any atom is -0.390 e. The molecule has 1 heterocycles. The SMILES string of the molecule is CCCC(CCC)N1CCc2c(C(=O)NC(Cc3cc(F)cc(F)c3)C(O)CNC3(c4cccc(C(F)(F)F)c4)CC3)cc(-c3cccc(C#N)c3)cc2C1=O. The lowest BCUT2D eigenvalue weighted by atomic mass is 9.87. The van der Waals surface area contributed by atoms with E-state index < -0.39 is 47.0 Å². The maximum atomic E-state index is 14.5. The van der Waals surface area contributed by atoms with E-state index in [1.165, 1.54) is 6.07 Å². The molecule has 1 fully saturated rings. The zero-order valence-electron chi connectivity index (χ0n) is 31.4. The maximum Gasteiger partial charge on any atom is 0.416 e. The number of aliphatic hydroxyl groups is 1. The third kappa shape index (κ3) is 9.11. The van der Waals surface area contributed by atoms with Crippen LogP contribution in [0.15, 0.2) is 78.9 Å². The van der Waals surface area contributed by atoms with Crippen molar-refractivity contribution in [2.45, 2.75) is 95.1 Å². The fourth-order valence-electron chi connectivity index (χ4n) is 7.87. The standard InChI is InChI=1S/C44H45F5N4O3/c1-3-7-35(8-4-2)53-16-13-36-37(21-30(22-38(36)42(53)56)29-10-5-9-27(17-29)25-50)41(55)52-39(20-28-18-33(45)24-34(46)19-28)40(54)26-51-43(14-15-43)31-11-6-12-32(23-31)44(47,48)49/h5-6,9-12,17-19,21-24,35,39-40,51,54H,3-4,7-8,13-16,20,26H2,1-2H3,(H,52,55). The number of hydrogen-bond acceptors (Lipinski definition) is 5. The van der Waals surface area contributed by atoms with Crippen LogP contribution >= 0.6 is 0 Å². The summed E-state index contributed by atoms with van der Waals surface area (Å²) in [6.45, 7) is 4.38. The molecule has 56 heavy (non-hydrogen) atoms. The van der Waals surface area contributed by atoms with E-state index in [0.29, 0.717) is 65.3 Å². The fraction of sp³-hybridized carbons (Fsp3) is 0.386. The van der Waals surface area contributed by atoms with Crippen molar-refractivity contribution in [3.05, 3.63) is 129 Å². The average molecular weight is 773 g/mol. The number of nitrogens with zero attached hydrogens (tertiary/aromatic N) is 2. The van der Waals surface area contributed by atoms with Crippen LogP contribution in [0.4, 0.5) is 22.0 Å². The van der Waals surface area contributed by atoms with Crippen LogP contribution < -0.4 is 10.6 Å². The van der Waals surface area contributed by atoms with Gasteiger partial charge < -0.3 is 20.6 Å². The first-order valence-corrected chi connectivity index (χ1v) is 19.1. The number of aliphatic hydroxyl groups excluding tert-OH is 1. The van der Waals surface area contributed by atoms with Crippen molar-refractivity contribution in [1.82, 2.24) is 15.5 Å². The van der Waals surface area contributed by atoms with E-state index >= 15 is 0 Å². The lowest BCUT2D eigenvalue weighted by Crippen LogP contribution is -2.50. The maximum absolute atomic E-state index is 14.5. The summed E-state index contributed by atoms with van der Waals surface area (Å²) in [6.07, 6.45) is -1.22. The van der Waals surface area contributed by atoms with Crippen LogP contribution in [0, 0.1) is 23.0 Å². The second-order valence-corrected chi connectivity index (χ2v) is 14.9. The summed E-state index contributed by atoms with van der Waals surface area (Å²) in [4.78, 5) is 30.6. The number of hydrogen-bond donors (Lipinski definition) is 3. The minimum atomic E-state index is -4.54. The van der Waals surface area contributed by atoms with E-state index in [4.69, 9.17) is 0 Å². The zero-order valence-corrected chi connectivity index (χ0v) is 31.4. The molecule has 2 unspecified atom stereocenters. The van der Waals surface area contributed by atoms with Crippen molar-refractivity contribution < 1.29 is 36.6 Å². The molecule has 0 aromatic heterocycles. The first kappa shape index (κ1) is 40.5. The molecule has 4 aromatic rings. The van der Waals surface area contributed by atoms with Gasteiger partial charge in [-0.2, -0.15) is 18.4 Å². The van der Waals surface area contributed by atoms with Crippen LogP contribution in [0.1, 0.15) is 101 Å². The number of nitriles is 1. The predicted octanol–water partition coefficient (Wildman–Crippen LogP) is 8.47. The lowest BCUT2D eigenvalue weighted by Gasteiger charge is -2.36. The number of nitrogens with one attached hydrogen (secondary N) is 2. The molecule has 12 heteroatoms. The summed E-state index contributed by atoms with van der Waals surface area (Å²) in [7, 11) is 0. The van der Waals surface area contributed by atoms with Gasteiger partial charge in [0.2, 0.25) is 0 Å². The Labute approximate surface area is 323 Å². The second kappa shape index (κ2) is 16.9. The van der Waals surface area contributed by atoms with Gasteiger partial charge in [-0.1, -0.05) is 51.0 Å². The summed E-state index contributed by atoms with van der Waals surface area (Å²) in [5, 5.41) is 27.4. The molecule has 3 N–H and O–H groups in total. The molecule has 0 spiro atoms. The Morgan fingerprint density at radius 3 is 2.29 bits per heavy atom. The summed E-state index contributed by atoms with van der Waals surface area (Å²) in [5.74, 6) is -2.51. The average Bonchev–Trinajstić information content (AvgIpc) is 3.97. The van der Waals surface area contributed by atoms with Crippen LogP contribution in [0.25, 0.3) is 11.1 Å². The van der Waals surface area contributed by atoms with E-state index in [1.54, 1.807) is 42.5 Å². The Morgan fingerprint density at radius 1 is 0.946 bits per heavy atom. The van der Waals surface area contributed by atoms with E-state index in [9.17, 15) is 41.9 Å². The summed E-state index contributed by atoms with van der Waals surface area (Å²) in [6, 6.07) is 19.2. The topological polar surface area (TPSA) is 105 Å². The summed E-state index contributed by atoms with van der Waals surface area (Å²) in [5.41, 5.74) is 1.58. The van der Waals surface area contributed by atoms with Gasteiger partial charge in [-0.25, -0.2) is 8.78 Å². The first-order chi connectivity index (χ1) is 26.7. The van der Waals surface area contributed by atoms with Gasteiger partial charge in [0.25, 0.3) is 11.8 Å². The third-order valence-corrected chi connectivity index (χ3v) is 10.9. The highest BCUT2D eigenvalue weighted by Gasteiger charge is 2.45. The molecule has 6 rings (SSSR count). The number of carbonyl (C=O) groups excluding carboxylic acids is 2. The Balaban J connectivity index is 1.34. The van der Waals surface area contributed by atoms with Gasteiger partial charge in [0.1, 0.15) is 11.6 Å². The van der Waals surface area contributed by atoms with Crippen molar-refractivity contribution in [3.8, 4) is 17.2 Å². The van der Waals surface area contributed by atoms with E-state index in [1.807, 2.05) is 4.90 Å². The molecule has 294 valence electrons. The first-order valence-electron chi connectivity index (χ1n) is 19.1. The van der Waals surface area contributed by atoms with Crippen LogP contribution in [-0.2, 0) is 24.6 Å². The fourth-order valence-corrected chi connectivity index (χ4v) is 7.87. The van der Waals surface area contributed by atoms with Gasteiger partial charge >= 0.3 is 6.18 Å². The smallest absolute Gasteiger partial charge is 0.390 e. The van der Waals surface area contributed by atoms with Gasteiger partial charge in [0.05, 0.1) is 29.3 Å². The third-order valence-electron chi connectivity index (χ3n) is 10.9. The summed E-state index contributed by atoms with van der Waals surface area (Å²) < 4.78 is 69.3. The zero-order chi connectivity index (χ0) is 40.2. The number of benzene rings is 4. The van der Waals surface area contributed by atoms with Gasteiger partial charge in [0, 0.05) is 41.9 Å². The molecule has 2 aliphatic rings. The number of alkyl halides is 3. The van der Waals surface area contributed by atoms with Crippen LogP contribution in [0.2, 0.25) is 0 Å². The highest BCUT2D eigenvalue weighted by atomic mass is 19.4.